The minimum Gasteiger partial charge on any atom is -0.467 e. The highest BCUT2D eigenvalue weighted by atomic mass is 16.5. The van der Waals surface area contributed by atoms with Crippen LogP contribution in [0.4, 0.5) is 4.79 Å². The molecular weight excluding hydrogens is 256 g/mol. The average molecular weight is 284 g/mol. The normalized spacial score (nSPS) is 18.8. The second-order valence-corrected chi connectivity index (χ2v) is 5.90. The molecule has 1 rings (SSSR count). The summed E-state index contributed by atoms with van der Waals surface area (Å²) in [6.07, 6.45) is 8.17. The molecule has 1 saturated carbocycles. The number of hydrogen-bond acceptors (Lipinski definition) is 3. The fraction of sp³-hybridized carbons (Fsp3) is 0.867. The van der Waals surface area contributed by atoms with E-state index in [0.29, 0.717) is 0 Å². The van der Waals surface area contributed by atoms with Gasteiger partial charge in [-0.15, -0.1) is 0 Å². The number of carbonyl (C=O) groups excluding carboxylic acids is 2. The molecule has 2 N–H and O–H groups in total. The highest BCUT2D eigenvalue weighted by Gasteiger charge is 2.25. The van der Waals surface area contributed by atoms with Gasteiger partial charge in [-0.2, -0.15) is 0 Å². The molecule has 0 spiro atoms. The van der Waals surface area contributed by atoms with E-state index < -0.39 is 12.0 Å². The molecule has 2 amide bonds. The van der Waals surface area contributed by atoms with Crippen molar-refractivity contribution in [3.63, 3.8) is 0 Å². The molecule has 0 aliphatic heterocycles. The Balaban J connectivity index is 2.45. The molecular formula is C15H28N2O3. The Morgan fingerprint density at radius 1 is 1.05 bits per heavy atom. The van der Waals surface area contributed by atoms with Crippen LogP contribution in [0.3, 0.4) is 0 Å². The minimum absolute atomic E-state index is 0.00512. The van der Waals surface area contributed by atoms with E-state index in [2.05, 4.69) is 10.6 Å². The maximum atomic E-state index is 12.0. The van der Waals surface area contributed by atoms with Gasteiger partial charge >= 0.3 is 12.0 Å². The Kier molecular flexibility index (Phi) is 7.41. The Labute approximate surface area is 121 Å². The van der Waals surface area contributed by atoms with E-state index in [1.165, 1.54) is 26.4 Å². The first-order chi connectivity index (χ1) is 9.54. The second kappa shape index (κ2) is 8.82. The van der Waals surface area contributed by atoms with Gasteiger partial charge in [-0.05, 0) is 18.8 Å². The zero-order valence-corrected chi connectivity index (χ0v) is 12.9. The Morgan fingerprint density at radius 2 is 1.60 bits per heavy atom. The lowest BCUT2D eigenvalue weighted by Crippen LogP contribution is -2.51. The van der Waals surface area contributed by atoms with Gasteiger partial charge < -0.3 is 15.4 Å². The standard InChI is InChI=1S/C15H28N2O3/c1-11(2)13(14(18)20-3)17-15(19)16-12-9-7-5-4-6-8-10-12/h11-13H,4-10H2,1-3H3,(H2,16,17,19)/t13-/m1/s1. The highest BCUT2D eigenvalue weighted by molar-refractivity contribution is 5.83. The summed E-state index contributed by atoms with van der Waals surface area (Å²) < 4.78 is 4.72. The number of methoxy groups -OCH3 is 1. The van der Waals surface area contributed by atoms with Gasteiger partial charge in [-0.25, -0.2) is 9.59 Å². The van der Waals surface area contributed by atoms with E-state index in [0.717, 1.165) is 25.7 Å². The number of rotatable bonds is 4. The molecule has 0 unspecified atom stereocenters. The Hall–Kier alpha value is -1.26. The maximum Gasteiger partial charge on any atom is 0.328 e. The molecule has 0 saturated heterocycles. The van der Waals surface area contributed by atoms with Crippen LogP contribution < -0.4 is 10.6 Å². The fourth-order valence-electron chi connectivity index (χ4n) is 2.59. The molecule has 1 fully saturated rings. The van der Waals surface area contributed by atoms with Crippen LogP contribution in [0.25, 0.3) is 0 Å². The highest BCUT2D eigenvalue weighted by Crippen LogP contribution is 2.17. The van der Waals surface area contributed by atoms with Gasteiger partial charge in [0.05, 0.1) is 7.11 Å². The molecule has 0 aromatic rings. The molecule has 116 valence electrons. The first-order valence-electron chi connectivity index (χ1n) is 7.69. The van der Waals surface area contributed by atoms with Crippen LogP contribution in [0.1, 0.15) is 58.8 Å². The number of carbonyl (C=O) groups is 2. The van der Waals surface area contributed by atoms with Gasteiger partial charge in [-0.3, -0.25) is 0 Å². The van der Waals surface area contributed by atoms with Crippen molar-refractivity contribution < 1.29 is 14.3 Å². The molecule has 1 atom stereocenters. The van der Waals surface area contributed by atoms with Gasteiger partial charge in [0.1, 0.15) is 6.04 Å². The van der Waals surface area contributed by atoms with E-state index in [1.54, 1.807) is 0 Å². The van der Waals surface area contributed by atoms with Crippen molar-refractivity contribution in [3.8, 4) is 0 Å². The quantitative estimate of drug-likeness (QED) is 0.780. The number of amides is 2. The third kappa shape index (κ3) is 5.80. The van der Waals surface area contributed by atoms with Crippen LogP contribution in [0, 0.1) is 5.92 Å². The summed E-state index contributed by atoms with van der Waals surface area (Å²) in [7, 11) is 1.34. The first kappa shape index (κ1) is 16.8. The van der Waals surface area contributed by atoms with Crippen molar-refractivity contribution in [1.82, 2.24) is 10.6 Å². The van der Waals surface area contributed by atoms with Gasteiger partial charge in [0.15, 0.2) is 0 Å². The summed E-state index contributed by atoms with van der Waals surface area (Å²) in [5.41, 5.74) is 0. The van der Waals surface area contributed by atoms with Crippen LogP contribution in [-0.2, 0) is 9.53 Å². The van der Waals surface area contributed by atoms with Crippen LogP contribution in [0.5, 0.6) is 0 Å². The molecule has 20 heavy (non-hydrogen) atoms. The van der Waals surface area contributed by atoms with Crippen molar-refractivity contribution in [2.75, 3.05) is 7.11 Å². The summed E-state index contributed by atoms with van der Waals surface area (Å²) in [6.45, 7) is 3.77. The molecule has 1 aliphatic rings. The summed E-state index contributed by atoms with van der Waals surface area (Å²) >= 11 is 0. The van der Waals surface area contributed by atoms with E-state index >= 15 is 0 Å². The van der Waals surface area contributed by atoms with Crippen molar-refractivity contribution in [2.24, 2.45) is 5.92 Å². The predicted octanol–water partition coefficient (Wildman–Crippen LogP) is 2.60. The average Bonchev–Trinajstić information content (AvgIpc) is 2.37. The molecule has 0 bridgehead atoms. The molecule has 0 aromatic carbocycles. The third-order valence-corrected chi connectivity index (χ3v) is 3.85. The lowest BCUT2D eigenvalue weighted by Gasteiger charge is -2.24. The van der Waals surface area contributed by atoms with Crippen molar-refractivity contribution in [2.45, 2.75) is 70.9 Å². The second-order valence-electron chi connectivity index (χ2n) is 5.90. The topological polar surface area (TPSA) is 67.4 Å². The molecule has 5 nitrogen and oxygen atoms in total. The smallest absolute Gasteiger partial charge is 0.328 e. The number of esters is 1. The first-order valence-corrected chi connectivity index (χ1v) is 7.69. The molecule has 0 radical (unpaired) electrons. The predicted molar refractivity (Wildman–Crippen MR) is 78.4 cm³/mol. The Bertz CT molecular complexity index is 310. The summed E-state index contributed by atoms with van der Waals surface area (Å²) in [5, 5.41) is 5.72. The maximum absolute atomic E-state index is 12.0. The third-order valence-electron chi connectivity index (χ3n) is 3.85. The SMILES string of the molecule is COC(=O)[C@H](NC(=O)NC1CCCCCCC1)C(C)C. The number of nitrogens with one attached hydrogen (secondary N) is 2. The summed E-state index contributed by atoms with van der Waals surface area (Å²) in [5.74, 6) is -0.390. The lowest BCUT2D eigenvalue weighted by molar-refractivity contribution is -0.143. The van der Waals surface area contributed by atoms with Gasteiger partial charge in [0.2, 0.25) is 0 Å². The minimum atomic E-state index is -0.589. The van der Waals surface area contributed by atoms with Gasteiger partial charge in [-0.1, -0.05) is 46.0 Å². The van der Waals surface area contributed by atoms with Crippen molar-refractivity contribution in [1.29, 1.82) is 0 Å². The molecule has 0 heterocycles. The monoisotopic (exact) mass is 284 g/mol. The molecule has 5 heteroatoms. The van der Waals surface area contributed by atoms with Crippen LogP contribution in [-0.4, -0.2) is 31.2 Å². The fourth-order valence-corrected chi connectivity index (χ4v) is 2.59. The lowest BCUT2D eigenvalue weighted by atomic mass is 9.97. The summed E-state index contributed by atoms with van der Waals surface area (Å²) in [6, 6.07) is -0.631. The van der Waals surface area contributed by atoms with Gasteiger partial charge in [0, 0.05) is 6.04 Å². The van der Waals surface area contributed by atoms with E-state index in [1.807, 2.05) is 13.8 Å². The van der Waals surface area contributed by atoms with E-state index in [9.17, 15) is 9.59 Å². The zero-order chi connectivity index (χ0) is 15.0. The largest absolute Gasteiger partial charge is 0.467 e. The van der Waals surface area contributed by atoms with Crippen LogP contribution >= 0.6 is 0 Å². The number of urea groups is 1. The van der Waals surface area contributed by atoms with Gasteiger partial charge in [0.25, 0.3) is 0 Å². The van der Waals surface area contributed by atoms with E-state index in [-0.39, 0.29) is 18.0 Å². The number of hydrogen-bond donors (Lipinski definition) is 2. The zero-order valence-electron chi connectivity index (χ0n) is 12.9. The van der Waals surface area contributed by atoms with Crippen molar-refractivity contribution in [3.05, 3.63) is 0 Å². The van der Waals surface area contributed by atoms with Crippen molar-refractivity contribution >= 4 is 12.0 Å². The van der Waals surface area contributed by atoms with Crippen LogP contribution in [0.15, 0.2) is 0 Å². The summed E-state index contributed by atoms with van der Waals surface area (Å²) in [4.78, 5) is 23.6. The molecule has 1 aliphatic carbocycles. The van der Waals surface area contributed by atoms with Crippen LogP contribution in [0.2, 0.25) is 0 Å². The van der Waals surface area contributed by atoms with E-state index in [4.69, 9.17) is 4.74 Å². The number of ether oxygens (including phenoxy) is 1. The Morgan fingerprint density at radius 3 is 2.10 bits per heavy atom. The molecule has 0 aromatic heterocycles.